The maximum absolute atomic E-state index is 2.54. The summed E-state index contributed by atoms with van der Waals surface area (Å²) in [6.07, 6.45) is 6.89. The zero-order valence-electron chi connectivity index (χ0n) is 19.3. The molecule has 0 atom stereocenters. The highest BCUT2D eigenvalue weighted by atomic mass is 15.2. The van der Waals surface area contributed by atoms with Gasteiger partial charge in [-0.05, 0) is 78.1 Å². The van der Waals surface area contributed by atoms with Crippen LogP contribution < -0.4 is 20.7 Å². The third kappa shape index (κ3) is 2.70. The SMILES string of the molecule is Cc1ccc2c3c1N(c1ccccc1)C1=C(C=CCC1)B3c1ccccc1N2c1ccccc1. The first-order valence-corrected chi connectivity index (χ1v) is 12.2. The average molecular weight is 436 g/mol. The predicted molar refractivity (Wildman–Crippen MR) is 145 cm³/mol. The summed E-state index contributed by atoms with van der Waals surface area (Å²) in [5.41, 5.74) is 13.3. The molecule has 0 unspecified atom stereocenters. The van der Waals surface area contributed by atoms with Crippen molar-refractivity contribution in [2.75, 3.05) is 9.80 Å². The van der Waals surface area contributed by atoms with E-state index in [0.29, 0.717) is 0 Å². The van der Waals surface area contributed by atoms with Crippen molar-refractivity contribution in [3.8, 4) is 0 Å². The maximum Gasteiger partial charge on any atom is 0.251 e. The molecule has 4 aromatic rings. The molecule has 34 heavy (non-hydrogen) atoms. The standard InChI is InChI=1S/C31H25BN2/c1-22-20-21-29-30-31(22)34(24-14-6-3-7-15-24)28-19-11-9-17-26(28)32(30)25-16-8-10-18-27(25)33(29)23-12-4-2-5-13-23/h2-10,12-18,20-21H,11,19H2,1H3. The van der Waals surface area contributed by atoms with Crippen molar-refractivity contribution in [2.24, 2.45) is 0 Å². The second kappa shape index (κ2) is 7.53. The number of benzene rings is 4. The Morgan fingerprint density at radius 2 is 1.35 bits per heavy atom. The zero-order valence-corrected chi connectivity index (χ0v) is 19.3. The molecule has 0 amide bonds. The average Bonchev–Trinajstić information content (AvgIpc) is 2.91. The van der Waals surface area contributed by atoms with Crippen LogP contribution in [0.3, 0.4) is 0 Å². The van der Waals surface area contributed by atoms with Gasteiger partial charge in [0.2, 0.25) is 0 Å². The fraction of sp³-hybridized carbons (Fsp3) is 0.0968. The van der Waals surface area contributed by atoms with Crippen molar-refractivity contribution in [3.63, 3.8) is 0 Å². The number of nitrogens with zero attached hydrogens (tertiary/aromatic N) is 2. The van der Waals surface area contributed by atoms with Gasteiger partial charge >= 0.3 is 0 Å². The molecule has 2 heterocycles. The Kier molecular flexibility index (Phi) is 4.32. The van der Waals surface area contributed by atoms with E-state index in [4.69, 9.17) is 0 Å². The van der Waals surface area contributed by atoms with Gasteiger partial charge in [-0.25, -0.2) is 0 Å². The van der Waals surface area contributed by atoms with E-state index in [9.17, 15) is 0 Å². The highest BCUT2D eigenvalue weighted by molar-refractivity contribution is 6.95. The monoisotopic (exact) mass is 436 g/mol. The second-order valence-electron chi connectivity index (χ2n) is 9.34. The molecule has 0 fully saturated rings. The molecular formula is C31H25BN2. The third-order valence-electron chi connectivity index (χ3n) is 7.43. The first-order chi connectivity index (χ1) is 16.8. The number of anilines is 5. The topological polar surface area (TPSA) is 6.48 Å². The first kappa shape index (κ1) is 19.5. The smallest absolute Gasteiger partial charge is 0.251 e. The Labute approximate surface area is 201 Å². The van der Waals surface area contributed by atoms with Crippen LogP contribution in [0.2, 0.25) is 0 Å². The van der Waals surface area contributed by atoms with Gasteiger partial charge in [0.1, 0.15) is 0 Å². The molecule has 1 aliphatic carbocycles. The minimum atomic E-state index is 0.243. The minimum absolute atomic E-state index is 0.243. The van der Waals surface area contributed by atoms with E-state index >= 15 is 0 Å². The van der Waals surface area contributed by atoms with E-state index in [1.54, 1.807) is 0 Å². The van der Waals surface area contributed by atoms with Crippen LogP contribution in [-0.4, -0.2) is 6.71 Å². The summed E-state index contributed by atoms with van der Waals surface area (Å²) in [5.74, 6) is 0. The van der Waals surface area contributed by atoms with Crippen molar-refractivity contribution >= 4 is 46.1 Å². The number of allylic oxidation sites excluding steroid dienone is 4. The lowest BCUT2D eigenvalue weighted by Gasteiger charge is -2.46. The summed E-state index contributed by atoms with van der Waals surface area (Å²) < 4.78 is 0. The maximum atomic E-state index is 2.54. The summed E-state index contributed by atoms with van der Waals surface area (Å²) in [6.45, 7) is 2.51. The lowest BCUT2D eigenvalue weighted by Crippen LogP contribution is -2.56. The highest BCUT2D eigenvalue weighted by Gasteiger charge is 2.44. The van der Waals surface area contributed by atoms with Crippen LogP contribution in [0, 0.1) is 6.92 Å². The molecule has 0 saturated carbocycles. The fourth-order valence-electron chi connectivity index (χ4n) is 6.05. The molecule has 0 bridgehead atoms. The molecule has 2 aliphatic heterocycles. The van der Waals surface area contributed by atoms with E-state index in [-0.39, 0.29) is 6.71 Å². The van der Waals surface area contributed by atoms with E-state index in [1.165, 1.54) is 56.1 Å². The van der Waals surface area contributed by atoms with Crippen molar-refractivity contribution in [1.29, 1.82) is 0 Å². The number of rotatable bonds is 2. The number of aryl methyl sites for hydroxylation is 1. The highest BCUT2D eigenvalue weighted by Crippen LogP contribution is 2.46. The zero-order chi connectivity index (χ0) is 22.6. The molecule has 0 N–H and O–H groups in total. The van der Waals surface area contributed by atoms with Crippen LogP contribution in [0.15, 0.2) is 120 Å². The van der Waals surface area contributed by atoms with Gasteiger partial charge in [-0.1, -0.05) is 72.8 Å². The Bertz CT molecular complexity index is 1470. The van der Waals surface area contributed by atoms with Gasteiger partial charge in [0, 0.05) is 34.1 Å². The van der Waals surface area contributed by atoms with Crippen LogP contribution in [0.25, 0.3) is 0 Å². The van der Waals surface area contributed by atoms with Gasteiger partial charge in [0.15, 0.2) is 0 Å². The molecule has 3 heteroatoms. The molecule has 2 nitrogen and oxygen atoms in total. The fourth-order valence-corrected chi connectivity index (χ4v) is 6.05. The minimum Gasteiger partial charge on any atom is -0.315 e. The summed E-state index contributed by atoms with van der Waals surface area (Å²) in [5, 5.41) is 0. The van der Waals surface area contributed by atoms with Crippen molar-refractivity contribution in [2.45, 2.75) is 19.8 Å². The van der Waals surface area contributed by atoms with Gasteiger partial charge < -0.3 is 9.80 Å². The number of hydrogen-bond acceptors (Lipinski definition) is 2. The van der Waals surface area contributed by atoms with Crippen LogP contribution in [0.5, 0.6) is 0 Å². The molecule has 4 aromatic carbocycles. The molecule has 0 saturated heterocycles. The Balaban J connectivity index is 1.59. The summed E-state index contributed by atoms with van der Waals surface area (Å²) in [4.78, 5) is 4.99. The van der Waals surface area contributed by atoms with Crippen LogP contribution in [-0.2, 0) is 0 Å². The van der Waals surface area contributed by atoms with Crippen LogP contribution in [0.4, 0.5) is 28.4 Å². The van der Waals surface area contributed by atoms with Gasteiger partial charge in [0.25, 0.3) is 6.71 Å². The molecule has 0 aromatic heterocycles. The molecular weight excluding hydrogens is 411 g/mol. The predicted octanol–water partition coefficient (Wildman–Crippen LogP) is 6.68. The lowest BCUT2D eigenvalue weighted by molar-refractivity contribution is 0.906. The van der Waals surface area contributed by atoms with Gasteiger partial charge in [0.05, 0.1) is 0 Å². The van der Waals surface area contributed by atoms with Crippen molar-refractivity contribution in [3.05, 3.63) is 126 Å². The van der Waals surface area contributed by atoms with E-state index in [2.05, 4.69) is 126 Å². The third-order valence-corrected chi connectivity index (χ3v) is 7.43. The normalized spacial score (nSPS) is 15.7. The van der Waals surface area contributed by atoms with Crippen LogP contribution >= 0.6 is 0 Å². The Morgan fingerprint density at radius 1 is 0.676 bits per heavy atom. The Morgan fingerprint density at radius 3 is 2.12 bits per heavy atom. The first-order valence-electron chi connectivity index (χ1n) is 12.2. The van der Waals surface area contributed by atoms with Gasteiger partial charge in [-0.2, -0.15) is 0 Å². The van der Waals surface area contributed by atoms with Crippen molar-refractivity contribution in [1.82, 2.24) is 0 Å². The van der Waals surface area contributed by atoms with Gasteiger partial charge in [-0.3, -0.25) is 0 Å². The molecule has 7 rings (SSSR count). The quantitative estimate of drug-likeness (QED) is 0.324. The number of hydrogen-bond donors (Lipinski definition) is 0. The lowest BCUT2D eigenvalue weighted by atomic mass is 9.32. The number of para-hydroxylation sites is 3. The molecule has 0 spiro atoms. The summed E-state index contributed by atoms with van der Waals surface area (Å²) >= 11 is 0. The largest absolute Gasteiger partial charge is 0.315 e. The van der Waals surface area contributed by atoms with Crippen molar-refractivity contribution < 1.29 is 0 Å². The van der Waals surface area contributed by atoms with E-state index < -0.39 is 0 Å². The Hall–Kier alpha value is -3.98. The molecule has 0 radical (unpaired) electrons. The summed E-state index contributed by atoms with van der Waals surface area (Å²) in [6, 6.07) is 35.3. The number of fused-ring (bicyclic) bond motifs is 3. The summed E-state index contributed by atoms with van der Waals surface area (Å²) in [7, 11) is 0. The molecule has 3 aliphatic rings. The second-order valence-corrected chi connectivity index (χ2v) is 9.34. The van der Waals surface area contributed by atoms with Gasteiger partial charge in [-0.15, -0.1) is 0 Å². The van der Waals surface area contributed by atoms with E-state index in [0.717, 1.165) is 12.8 Å². The van der Waals surface area contributed by atoms with Crippen LogP contribution in [0.1, 0.15) is 18.4 Å². The molecule has 162 valence electrons. The van der Waals surface area contributed by atoms with E-state index in [1.807, 2.05) is 0 Å².